The van der Waals surface area contributed by atoms with Gasteiger partial charge in [-0.1, -0.05) is 24.3 Å². The Morgan fingerprint density at radius 3 is 2.67 bits per heavy atom. The number of aromatic nitrogens is 2. The van der Waals surface area contributed by atoms with E-state index in [-0.39, 0.29) is 5.91 Å². The molecule has 0 fully saturated rings. The van der Waals surface area contributed by atoms with Crippen molar-refractivity contribution in [1.82, 2.24) is 14.7 Å². The maximum Gasteiger partial charge on any atom is 0.257 e. The van der Waals surface area contributed by atoms with Gasteiger partial charge in [0.25, 0.3) is 5.91 Å². The fourth-order valence-corrected chi connectivity index (χ4v) is 3.74. The number of furan rings is 1. The lowest BCUT2D eigenvalue weighted by molar-refractivity contribution is 0.0783. The number of para-hydroxylation sites is 1. The molecule has 0 N–H and O–H groups in total. The number of carbonyl (C=O) groups excluding carboxylic acids is 1. The lowest BCUT2D eigenvalue weighted by Gasteiger charge is -2.16. The molecule has 0 unspecified atom stereocenters. The molecule has 0 radical (unpaired) electrons. The summed E-state index contributed by atoms with van der Waals surface area (Å²) in [7, 11) is 1.80. The Kier molecular flexibility index (Phi) is 4.64. The second kappa shape index (κ2) is 7.25. The molecule has 3 aromatic heterocycles. The molecule has 4 rings (SSSR count). The average Bonchev–Trinajstić information content (AvgIpc) is 3.42. The van der Waals surface area contributed by atoms with E-state index in [4.69, 9.17) is 9.52 Å². The molecule has 27 heavy (non-hydrogen) atoms. The van der Waals surface area contributed by atoms with Gasteiger partial charge < -0.3 is 9.32 Å². The van der Waals surface area contributed by atoms with Gasteiger partial charge in [0.2, 0.25) is 0 Å². The Balaban J connectivity index is 1.68. The molecule has 0 bridgehead atoms. The minimum absolute atomic E-state index is 0.0640. The highest BCUT2D eigenvalue weighted by molar-refractivity contribution is 7.13. The predicted octanol–water partition coefficient (Wildman–Crippen LogP) is 4.77. The van der Waals surface area contributed by atoms with Gasteiger partial charge in [-0.05, 0) is 36.6 Å². The molecule has 4 aromatic rings. The van der Waals surface area contributed by atoms with Crippen molar-refractivity contribution < 1.29 is 9.21 Å². The van der Waals surface area contributed by atoms with Crippen molar-refractivity contribution in [1.29, 1.82) is 0 Å². The Hall–Kier alpha value is -3.12. The predicted molar refractivity (Wildman–Crippen MR) is 106 cm³/mol. The number of benzene rings is 1. The topological polar surface area (TPSA) is 51.3 Å². The SMILES string of the molecule is Cc1occc1C(=O)N(C)Cc1cn(-c2ccccc2)nc1-c1cccs1. The summed E-state index contributed by atoms with van der Waals surface area (Å²) >= 11 is 1.64. The molecule has 1 amide bonds. The molecule has 136 valence electrons. The standard InChI is InChI=1S/C21H19N3O2S/c1-15-18(10-11-26-15)21(25)23(2)13-16-14-24(17-7-4-3-5-8-17)22-20(16)19-9-6-12-27-19/h3-12,14H,13H2,1-2H3. The van der Waals surface area contributed by atoms with Crippen LogP contribution in [0.5, 0.6) is 0 Å². The second-order valence-electron chi connectivity index (χ2n) is 6.31. The first kappa shape index (κ1) is 17.3. The number of nitrogens with zero attached hydrogens (tertiary/aromatic N) is 3. The van der Waals surface area contributed by atoms with E-state index in [0.717, 1.165) is 21.8 Å². The fourth-order valence-electron chi connectivity index (χ4n) is 3.00. The third kappa shape index (κ3) is 3.44. The van der Waals surface area contributed by atoms with Gasteiger partial charge in [0, 0.05) is 25.4 Å². The van der Waals surface area contributed by atoms with E-state index in [0.29, 0.717) is 17.9 Å². The van der Waals surface area contributed by atoms with Gasteiger partial charge in [-0.25, -0.2) is 4.68 Å². The van der Waals surface area contributed by atoms with Crippen molar-refractivity contribution in [2.45, 2.75) is 13.5 Å². The van der Waals surface area contributed by atoms with Crippen molar-refractivity contribution in [3.05, 3.63) is 83.3 Å². The van der Waals surface area contributed by atoms with E-state index < -0.39 is 0 Å². The van der Waals surface area contributed by atoms with Gasteiger partial charge in [-0.2, -0.15) is 5.10 Å². The minimum Gasteiger partial charge on any atom is -0.469 e. The van der Waals surface area contributed by atoms with Gasteiger partial charge in [-0.3, -0.25) is 4.79 Å². The first-order valence-electron chi connectivity index (χ1n) is 8.61. The number of aryl methyl sites for hydroxylation is 1. The van der Waals surface area contributed by atoms with Crippen molar-refractivity contribution in [2.24, 2.45) is 0 Å². The molecular formula is C21H19N3O2S. The lowest BCUT2D eigenvalue weighted by atomic mass is 10.2. The van der Waals surface area contributed by atoms with E-state index in [2.05, 4.69) is 0 Å². The molecule has 0 aliphatic rings. The van der Waals surface area contributed by atoms with Crippen LogP contribution in [0.3, 0.4) is 0 Å². The Labute approximate surface area is 161 Å². The zero-order valence-corrected chi connectivity index (χ0v) is 15.9. The van der Waals surface area contributed by atoms with Crippen molar-refractivity contribution in [3.63, 3.8) is 0 Å². The highest BCUT2D eigenvalue weighted by Crippen LogP contribution is 2.29. The molecule has 3 heterocycles. The van der Waals surface area contributed by atoms with Crippen LogP contribution in [0.15, 0.2) is 70.8 Å². The van der Waals surface area contributed by atoms with Crippen molar-refractivity contribution >= 4 is 17.2 Å². The summed E-state index contributed by atoms with van der Waals surface area (Å²) < 4.78 is 7.14. The summed E-state index contributed by atoms with van der Waals surface area (Å²) in [5.74, 6) is 0.566. The summed E-state index contributed by atoms with van der Waals surface area (Å²) in [6.07, 6.45) is 3.54. The summed E-state index contributed by atoms with van der Waals surface area (Å²) in [5, 5.41) is 6.82. The van der Waals surface area contributed by atoms with Crippen LogP contribution < -0.4 is 0 Å². The van der Waals surface area contributed by atoms with Gasteiger partial charge in [0.05, 0.1) is 22.4 Å². The molecule has 0 spiro atoms. The van der Waals surface area contributed by atoms with Gasteiger partial charge in [0.1, 0.15) is 11.5 Å². The van der Waals surface area contributed by atoms with Crippen molar-refractivity contribution in [3.8, 4) is 16.3 Å². The Morgan fingerprint density at radius 1 is 1.19 bits per heavy atom. The summed E-state index contributed by atoms with van der Waals surface area (Å²) in [5.41, 5.74) is 3.47. The number of hydrogen-bond acceptors (Lipinski definition) is 4. The third-order valence-corrected chi connectivity index (χ3v) is 5.29. The highest BCUT2D eigenvalue weighted by atomic mass is 32.1. The molecule has 6 heteroatoms. The lowest BCUT2D eigenvalue weighted by Crippen LogP contribution is -2.26. The van der Waals surface area contributed by atoms with Crippen LogP contribution in [0.4, 0.5) is 0 Å². The van der Waals surface area contributed by atoms with Crippen LogP contribution >= 0.6 is 11.3 Å². The van der Waals surface area contributed by atoms with Crippen LogP contribution in [0.2, 0.25) is 0 Å². The molecule has 0 aliphatic heterocycles. The van der Waals surface area contributed by atoms with E-state index >= 15 is 0 Å². The van der Waals surface area contributed by atoms with Crippen molar-refractivity contribution in [2.75, 3.05) is 7.05 Å². The van der Waals surface area contributed by atoms with E-state index in [1.54, 1.807) is 42.5 Å². The molecule has 0 aliphatic carbocycles. The highest BCUT2D eigenvalue weighted by Gasteiger charge is 2.20. The van der Waals surface area contributed by atoms with E-state index in [9.17, 15) is 4.79 Å². The molecule has 0 saturated heterocycles. The molecule has 0 saturated carbocycles. The number of thiophene rings is 1. The quantitative estimate of drug-likeness (QED) is 0.503. The maximum absolute atomic E-state index is 12.7. The largest absolute Gasteiger partial charge is 0.469 e. The summed E-state index contributed by atoms with van der Waals surface area (Å²) in [6, 6.07) is 15.7. The second-order valence-corrected chi connectivity index (χ2v) is 7.26. The summed E-state index contributed by atoms with van der Waals surface area (Å²) in [4.78, 5) is 15.5. The molecule has 0 atom stereocenters. The fraction of sp³-hybridized carbons (Fsp3) is 0.143. The van der Waals surface area contributed by atoms with Crippen LogP contribution in [0, 0.1) is 6.92 Å². The molecular weight excluding hydrogens is 358 g/mol. The molecule has 5 nitrogen and oxygen atoms in total. The van der Waals surface area contributed by atoms with E-state index in [1.165, 1.54) is 0 Å². The van der Waals surface area contributed by atoms with Crippen LogP contribution in [-0.2, 0) is 6.54 Å². The van der Waals surface area contributed by atoms with Crippen LogP contribution in [0.25, 0.3) is 16.3 Å². The Morgan fingerprint density at radius 2 is 2.00 bits per heavy atom. The minimum atomic E-state index is -0.0640. The van der Waals surface area contributed by atoms with Gasteiger partial charge >= 0.3 is 0 Å². The number of amides is 1. The number of hydrogen-bond donors (Lipinski definition) is 0. The number of rotatable bonds is 5. The van der Waals surface area contributed by atoms with Gasteiger partial charge in [0.15, 0.2) is 0 Å². The Bertz CT molecular complexity index is 1050. The zero-order chi connectivity index (χ0) is 18.8. The average molecular weight is 377 g/mol. The smallest absolute Gasteiger partial charge is 0.257 e. The number of carbonyl (C=O) groups is 1. The first-order chi connectivity index (χ1) is 13.1. The maximum atomic E-state index is 12.7. The first-order valence-corrected chi connectivity index (χ1v) is 9.49. The van der Waals surface area contributed by atoms with Crippen LogP contribution in [-0.4, -0.2) is 27.6 Å². The normalized spacial score (nSPS) is 10.9. The monoisotopic (exact) mass is 377 g/mol. The molecule has 1 aromatic carbocycles. The summed E-state index contributed by atoms with van der Waals surface area (Å²) in [6.45, 7) is 2.26. The van der Waals surface area contributed by atoms with Crippen LogP contribution in [0.1, 0.15) is 21.7 Å². The van der Waals surface area contributed by atoms with E-state index in [1.807, 2.05) is 58.7 Å². The third-order valence-electron chi connectivity index (χ3n) is 4.41. The zero-order valence-electron chi connectivity index (χ0n) is 15.1. The van der Waals surface area contributed by atoms with Gasteiger partial charge in [-0.15, -0.1) is 11.3 Å².